The summed E-state index contributed by atoms with van der Waals surface area (Å²) in [5, 5.41) is 0. The lowest BCUT2D eigenvalue weighted by Crippen LogP contribution is -3.00. The SMILES string of the molecule is COc1cccc(I)c1OCc1ccc[n+](C)c1.[I-]. The minimum atomic E-state index is 0. The number of nitrogens with zero attached hydrogens (tertiary/aromatic N) is 1. The molecule has 3 nitrogen and oxygen atoms in total. The van der Waals surface area contributed by atoms with Crippen molar-refractivity contribution in [1.29, 1.82) is 0 Å². The molecule has 5 heteroatoms. The van der Waals surface area contributed by atoms with E-state index < -0.39 is 0 Å². The van der Waals surface area contributed by atoms with Crippen molar-refractivity contribution in [3.63, 3.8) is 0 Å². The second kappa shape index (κ2) is 7.88. The van der Waals surface area contributed by atoms with Crippen molar-refractivity contribution in [2.45, 2.75) is 6.61 Å². The summed E-state index contributed by atoms with van der Waals surface area (Å²) in [5.41, 5.74) is 1.13. The molecule has 2 rings (SSSR count). The fourth-order valence-corrected chi connectivity index (χ4v) is 2.31. The topological polar surface area (TPSA) is 22.3 Å². The van der Waals surface area contributed by atoms with Crippen molar-refractivity contribution in [2.75, 3.05) is 7.11 Å². The Hall–Kier alpha value is -0.570. The zero-order valence-electron chi connectivity index (χ0n) is 10.8. The number of hydrogen-bond donors (Lipinski definition) is 0. The summed E-state index contributed by atoms with van der Waals surface area (Å²) in [6, 6.07) is 9.91. The summed E-state index contributed by atoms with van der Waals surface area (Å²) in [7, 11) is 3.65. The molecule has 0 aliphatic rings. The standard InChI is InChI=1S/C14H15INO2.HI/c1-16-8-4-5-11(9-16)10-18-14-12(15)6-3-7-13(14)17-2;/h3-9H,10H2,1-2H3;1H/q+1;/p-1. The van der Waals surface area contributed by atoms with Crippen molar-refractivity contribution in [3.05, 3.63) is 51.9 Å². The number of benzene rings is 1. The highest BCUT2D eigenvalue weighted by molar-refractivity contribution is 14.1. The first-order valence-corrected chi connectivity index (χ1v) is 6.68. The van der Waals surface area contributed by atoms with Gasteiger partial charge in [0.05, 0.1) is 16.2 Å². The first-order chi connectivity index (χ1) is 8.70. The van der Waals surface area contributed by atoms with E-state index in [1.807, 2.05) is 54.3 Å². The number of hydrogen-bond acceptors (Lipinski definition) is 2. The molecule has 0 aliphatic carbocycles. The number of aryl methyl sites for hydroxylation is 1. The van der Waals surface area contributed by atoms with Crippen LogP contribution in [0.1, 0.15) is 5.56 Å². The molecule has 1 heterocycles. The van der Waals surface area contributed by atoms with Gasteiger partial charge in [0, 0.05) is 6.07 Å². The van der Waals surface area contributed by atoms with Crippen molar-refractivity contribution >= 4 is 22.6 Å². The maximum atomic E-state index is 5.85. The molecule has 1 aromatic heterocycles. The second-order valence-electron chi connectivity index (χ2n) is 3.94. The van der Waals surface area contributed by atoms with E-state index in [9.17, 15) is 0 Å². The lowest BCUT2D eigenvalue weighted by Gasteiger charge is -2.11. The minimum absolute atomic E-state index is 0. The largest absolute Gasteiger partial charge is 1.00 e. The maximum Gasteiger partial charge on any atom is 0.175 e. The Balaban J connectivity index is 0.00000180. The minimum Gasteiger partial charge on any atom is -1.00 e. The summed E-state index contributed by atoms with van der Waals surface area (Å²) in [4.78, 5) is 0. The van der Waals surface area contributed by atoms with Gasteiger partial charge in [-0.05, 0) is 40.8 Å². The van der Waals surface area contributed by atoms with Crippen LogP contribution in [0, 0.1) is 3.57 Å². The van der Waals surface area contributed by atoms with Crippen LogP contribution in [0.15, 0.2) is 42.7 Å². The van der Waals surface area contributed by atoms with Gasteiger partial charge in [0.15, 0.2) is 23.9 Å². The van der Waals surface area contributed by atoms with Gasteiger partial charge in [0.25, 0.3) is 0 Å². The third kappa shape index (κ3) is 4.48. The summed E-state index contributed by atoms with van der Waals surface area (Å²) in [5.74, 6) is 1.56. The normalized spacial score (nSPS) is 9.63. The molecule has 0 N–H and O–H groups in total. The summed E-state index contributed by atoms with van der Waals surface area (Å²) >= 11 is 2.25. The Labute approximate surface area is 144 Å². The molecule has 0 unspecified atom stereocenters. The average molecular weight is 483 g/mol. The van der Waals surface area contributed by atoms with E-state index in [0.717, 1.165) is 20.6 Å². The van der Waals surface area contributed by atoms with Gasteiger partial charge in [-0.2, -0.15) is 0 Å². The van der Waals surface area contributed by atoms with Crippen LogP contribution < -0.4 is 38.0 Å². The first-order valence-electron chi connectivity index (χ1n) is 5.60. The molecular formula is C14H15I2NO2. The number of aromatic nitrogens is 1. The van der Waals surface area contributed by atoms with Crippen LogP contribution in [-0.2, 0) is 13.7 Å². The van der Waals surface area contributed by atoms with E-state index in [1.54, 1.807) is 7.11 Å². The lowest BCUT2D eigenvalue weighted by molar-refractivity contribution is -0.672. The highest BCUT2D eigenvalue weighted by Gasteiger charge is 2.09. The van der Waals surface area contributed by atoms with Crippen molar-refractivity contribution < 1.29 is 38.0 Å². The molecule has 0 atom stereocenters. The van der Waals surface area contributed by atoms with Gasteiger partial charge in [0.1, 0.15) is 13.7 Å². The molecule has 0 saturated heterocycles. The fourth-order valence-electron chi connectivity index (χ4n) is 1.68. The molecule has 0 saturated carbocycles. The van der Waals surface area contributed by atoms with E-state index in [1.165, 1.54) is 0 Å². The lowest BCUT2D eigenvalue weighted by atomic mass is 10.3. The predicted octanol–water partition coefficient (Wildman–Crippen LogP) is -0.293. The number of halogens is 2. The highest BCUT2D eigenvalue weighted by Crippen LogP contribution is 2.32. The summed E-state index contributed by atoms with van der Waals surface area (Å²) < 4.78 is 14.2. The van der Waals surface area contributed by atoms with E-state index in [0.29, 0.717) is 6.61 Å². The third-order valence-corrected chi connectivity index (χ3v) is 3.38. The summed E-state index contributed by atoms with van der Waals surface area (Å²) in [6.45, 7) is 0.533. The molecule has 0 fully saturated rings. The molecule has 19 heavy (non-hydrogen) atoms. The smallest absolute Gasteiger partial charge is 0.175 e. The Morgan fingerprint density at radius 3 is 2.68 bits per heavy atom. The Morgan fingerprint density at radius 2 is 2.00 bits per heavy atom. The van der Waals surface area contributed by atoms with Crippen LogP contribution in [0.25, 0.3) is 0 Å². The molecule has 0 amide bonds. The van der Waals surface area contributed by atoms with E-state index in [4.69, 9.17) is 9.47 Å². The van der Waals surface area contributed by atoms with Crippen LogP contribution >= 0.6 is 22.6 Å². The molecule has 1 aromatic carbocycles. The monoisotopic (exact) mass is 483 g/mol. The number of methoxy groups -OCH3 is 1. The highest BCUT2D eigenvalue weighted by atomic mass is 127. The number of rotatable bonds is 4. The van der Waals surface area contributed by atoms with Crippen LogP contribution in [0.3, 0.4) is 0 Å². The van der Waals surface area contributed by atoms with Gasteiger partial charge in [-0.15, -0.1) is 0 Å². The summed E-state index contributed by atoms with van der Waals surface area (Å²) in [6.07, 6.45) is 4.04. The molecule has 0 bridgehead atoms. The fraction of sp³-hybridized carbons (Fsp3) is 0.214. The zero-order chi connectivity index (χ0) is 13.0. The first kappa shape index (κ1) is 16.5. The maximum absolute atomic E-state index is 5.85. The zero-order valence-corrected chi connectivity index (χ0v) is 15.1. The van der Waals surface area contributed by atoms with Crippen LogP contribution in [-0.4, -0.2) is 7.11 Å². The third-order valence-electron chi connectivity index (χ3n) is 2.53. The number of pyridine rings is 1. The molecular weight excluding hydrogens is 468 g/mol. The van der Waals surface area contributed by atoms with Crippen molar-refractivity contribution in [2.24, 2.45) is 7.05 Å². The van der Waals surface area contributed by atoms with Crippen LogP contribution in [0.5, 0.6) is 11.5 Å². The molecule has 0 radical (unpaired) electrons. The van der Waals surface area contributed by atoms with Gasteiger partial charge in [-0.25, -0.2) is 4.57 Å². The van der Waals surface area contributed by atoms with E-state index in [-0.39, 0.29) is 24.0 Å². The second-order valence-corrected chi connectivity index (χ2v) is 5.10. The van der Waals surface area contributed by atoms with Crippen molar-refractivity contribution in [1.82, 2.24) is 0 Å². The van der Waals surface area contributed by atoms with Gasteiger partial charge >= 0.3 is 0 Å². The Kier molecular flexibility index (Phi) is 6.84. The van der Waals surface area contributed by atoms with Gasteiger partial charge in [-0.3, -0.25) is 0 Å². The number of ether oxygens (including phenoxy) is 2. The molecule has 0 spiro atoms. The Morgan fingerprint density at radius 1 is 1.21 bits per heavy atom. The van der Waals surface area contributed by atoms with E-state index in [2.05, 4.69) is 22.6 Å². The molecule has 0 aliphatic heterocycles. The van der Waals surface area contributed by atoms with Gasteiger partial charge in [-0.1, -0.05) is 6.07 Å². The average Bonchev–Trinajstić information content (AvgIpc) is 2.37. The Bertz CT molecular complexity index is 547. The van der Waals surface area contributed by atoms with Gasteiger partial charge < -0.3 is 33.5 Å². The van der Waals surface area contributed by atoms with Crippen molar-refractivity contribution in [3.8, 4) is 11.5 Å². The molecule has 2 aromatic rings. The number of para-hydroxylation sites is 1. The quantitative estimate of drug-likeness (QED) is 0.441. The van der Waals surface area contributed by atoms with Gasteiger partial charge in [0.2, 0.25) is 0 Å². The molecule has 102 valence electrons. The predicted molar refractivity (Wildman–Crippen MR) is 77.7 cm³/mol. The van der Waals surface area contributed by atoms with Crippen LogP contribution in [0.2, 0.25) is 0 Å². The van der Waals surface area contributed by atoms with E-state index >= 15 is 0 Å². The van der Waals surface area contributed by atoms with Crippen LogP contribution in [0.4, 0.5) is 0 Å².